The minimum atomic E-state index is -4.09. The van der Waals surface area contributed by atoms with Gasteiger partial charge in [-0.1, -0.05) is 24.3 Å². The molecule has 8 heteroatoms. The highest BCUT2D eigenvalue weighted by molar-refractivity contribution is 7.91. The van der Waals surface area contributed by atoms with Crippen molar-refractivity contribution < 1.29 is 22.0 Å². The third kappa shape index (κ3) is 4.15. The van der Waals surface area contributed by atoms with Crippen LogP contribution in [0.1, 0.15) is 5.56 Å². The van der Waals surface area contributed by atoms with E-state index in [1.807, 2.05) is 25.1 Å². The van der Waals surface area contributed by atoms with Crippen LogP contribution in [-0.4, -0.2) is 20.5 Å². The van der Waals surface area contributed by atoms with Crippen molar-refractivity contribution in [3.8, 4) is 17.2 Å². The Balaban J connectivity index is 1.86. The van der Waals surface area contributed by atoms with Crippen molar-refractivity contribution in [2.24, 2.45) is 0 Å². The molecule has 0 spiro atoms. The van der Waals surface area contributed by atoms with Crippen molar-refractivity contribution in [3.63, 3.8) is 0 Å². The molecule has 0 aliphatic heterocycles. The van der Waals surface area contributed by atoms with Crippen molar-refractivity contribution in [1.82, 2.24) is 4.98 Å². The number of nitrogens with zero attached hydrogens (tertiary/aromatic N) is 1. The summed E-state index contributed by atoms with van der Waals surface area (Å²) in [6.45, 7) is 1.88. The van der Waals surface area contributed by atoms with Gasteiger partial charge in [0.25, 0.3) is 0 Å². The van der Waals surface area contributed by atoms with E-state index in [2.05, 4.69) is 10.3 Å². The maximum atomic E-state index is 13.3. The van der Waals surface area contributed by atoms with E-state index in [1.165, 1.54) is 19.2 Å². The number of anilines is 2. The molecule has 0 fully saturated rings. The molecule has 0 saturated carbocycles. The van der Waals surface area contributed by atoms with E-state index in [4.69, 9.17) is 9.15 Å². The summed E-state index contributed by atoms with van der Waals surface area (Å²) >= 11 is 0. The zero-order valence-corrected chi connectivity index (χ0v) is 17.6. The van der Waals surface area contributed by atoms with Crippen LogP contribution in [0.15, 0.2) is 87.1 Å². The van der Waals surface area contributed by atoms with Gasteiger partial charge in [0.15, 0.2) is 0 Å². The number of aromatic nitrogens is 1. The predicted octanol–water partition coefficient (Wildman–Crippen LogP) is 5.37. The van der Waals surface area contributed by atoms with Crippen LogP contribution in [0.4, 0.5) is 16.0 Å². The number of hydrogen-bond donors (Lipinski definition) is 1. The molecule has 0 aliphatic rings. The van der Waals surface area contributed by atoms with Gasteiger partial charge >= 0.3 is 0 Å². The minimum Gasteiger partial charge on any atom is -0.497 e. The van der Waals surface area contributed by atoms with Crippen molar-refractivity contribution in [1.29, 1.82) is 0 Å². The normalized spacial score (nSPS) is 11.3. The molecular weight excluding hydrogens is 419 g/mol. The summed E-state index contributed by atoms with van der Waals surface area (Å²) in [7, 11) is -2.55. The van der Waals surface area contributed by atoms with Crippen LogP contribution in [0.5, 0.6) is 5.75 Å². The highest BCUT2D eigenvalue weighted by atomic mass is 32.2. The van der Waals surface area contributed by atoms with E-state index in [0.29, 0.717) is 17.0 Å². The quantitative estimate of drug-likeness (QED) is 0.408. The van der Waals surface area contributed by atoms with Crippen molar-refractivity contribution in [2.75, 3.05) is 12.4 Å². The second-order valence-corrected chi connectivity index (χ2v) is 8.65. The van der Waals surface area contributed by atoms with Gasteiger partial charge in [-0.2, -0.15) is 4.98 Å². The van der Waals surface area contributed by atoms with E-state index < -0.39 is 15.7 Å². The number of ether oxygens (including phenoxy) is 1. The number of aryl methyl sites for hydroxylation is 1. The van der Waals surface area contributed by atoms with Gasteiger partial charge < -0.3 is 14.5 Å². The molecule has 1 N–H and O–H groups in total. The van der Waals surface area contributed by atoms with Crippen LogP contribution >= 0.6 is 0 Å². The summed E-state index contributed by atoms with van der Waals surface area (Å²) in [6.07, 6.45) is 0. The molecule has 0 atom stereocenters. The summed E-state index contributed by atoms with van der Waals surface area (Å²) in [6, 6.07) is 18.9. The Morgan fingerprint density at radius 2 is 1.74 bits per heavy atom. The number of oxazole rings is 1. The van der Waals surface area contributed by atoms with Crippen molar-refractivity contribution in [2.45, 2.75) is 16.8 Å². The number of methoxy groups -OCH3 is 1. The maximum absolute atomic E-state index is 13.3. The van der Waals surface area contributed by atoms with E-state index in [9.17, 15) is 12.8 Å². The molecule has 0 saturated heterocycles. The third-order valence-electron chi connectivity index (χ3n) is 4.68. The van der Waals surface area contributed by atoms with Crippen molar-refractivity contribution >= 4 is 21.4 Å². The molecule has 4 rings (SSSR count). The second-order valence-electron chi connectivity index (χ2n) is 6.78. The average Bonchev–Trinajstić information content (AvgIpc) is 3.19. The molecule has 0 aliphatic carbocycles. The van der Waals surface area contributed by atoms with Crippen molar-refractivity contribution in [3.05, 3.63) is 84.2 Å². The van der Waals surface area contributed by atoms with Crippen LogP contribution in [-0.2, 0) is 9.84 Å². The Morgan fingerprint density at radius 1 is 1.00 bits per heavy atom. The molecule has 4 aromatic rings. The number of benzene rings is 3. The van der Waals surface area contributed by atoms with Gasteiger partial charge in [0.1, 0.15) is 11.6 Å². The lowest BCUT2D eigenvalue weighted by Gasteiger charge is -2.07. The third-order valence-corrected chi connectivity index (χ3v) is 6.36. The van der Waals surface area contributed by atoms with E-state index >= 15 is 0 Å². The fourth-order valence-electron chi connectivity index (χ4n) is 3.05. The Kier molecular flexibility index (Phi) is 5.48. The highest BCUT2D eigenvalue weighted by Gasteiger charge is 2.29. The first-order chi connectivity index (χ1) is 14.9. The number of nitrogens with one attached hydrogen (secondary N) is 1. The van der Waals surface area contributed by atoms with Crippen LogP contribution < -0.4 is 10.1 Å². The molecule has 1 aromatic heterocycles. The molecule has 6 nitrogen and oxygen atoms in total. The van der Waals surface area contributed by atoms with Gasteiger partial charge in [0, 0.05) is 17.3 Å². The van der Waals surface area contributed by atoms with Gasteiger partial charge in [0.2, 0.25) is 26.6 Å². The van der Waals surface area contributed by atoms with E-state index in [-0.39, 0.29) is 21.7 Å². The highest BCUT2D eigenvalue weighted by Crippen LogP contribution is 2.35. The Labute approximate surface area is 179 Å². The number of sulfone groups is 1. The summed E-state index contributed by atoms with van der Waals surface area (Å²) in [5.41, 5.74) is 2.10. The molecule has 0 unspecified atom stereocenters. The second kappa shape index (κ2) is 8.23. The Bertz CT molecular complexity index is 1330. The zero-order chi connectivity index (χ0) is 22.0. The number of rotatable bonds is 6. The first kappa shape index (κ1) is 20.6. The monoisotopic (exact) mass is 438 g/mol. The molecule has 0 bridgehead atoms. The van der Waals surface area contributed by atoms with Crippen LogP contribution in [0.25, 0.3) is 11.5 Å². The van der Waals surface area contributed by atoms with E-state index in [0.717, 1.165) is 17.7 Å². The lowest BCUT2D eigenvalue weighted by Crippen LogP contribution is -2.05. The first-order valence-electron chi connectivity index (χ1n) is 9.37. The predicted molar refractivity (Wildman–Crippen MR) is 115 cm³/mol. The number of hydrogen-bond acceptors (Lipinski definition) is 6. The Hall–Kier alpha value is -3.65. The smallest absolute Gasteiger partial charge is 0.238 e. The summed E-state index contributed by atoms with van der Waals surface area (Å²) in [5, 5.41) is 2.69. The fraction of sp³-hybridized carbons (Fsp3) is 0.0870. The molecule has 158 valence electrons. The summed E-state index contributed by atoms with van der Waals surface area (Å²) in [4.78, 5) is 4.22. The lowest BCUT2D eigenvalue weighted by atomic mass is 10.1. The SMILES string of the molecule is COc1cccc(Nc2oc(-c3ccccc3C)nc2S(=O)(=O)c2ccc(F)cc2)c1. The fourth-order valence-corrected chi connectivity index (χ4v) is 4.31. The number of halogens is 1. The maximum Gasteiger partial charge on any atom is 0.238 e. The lowest BCUT2D eigenvalue weighted by molar-refractivity contribution is 0.415. The van der Waals surface area contributed by atoms with Crippen LogP contribution in [0, 0.1) is 12.7 Å². The molecule has 1 heterocycles. The van der Waals surface area contributed by atoms with Gasteiger partial charge in [-0.15, -0.1) is 0 Å². The van der Waals surface area contributed by atoms with Crippen LogP contribution in [0.2, 0.25) is 0 Å². The van der Waals surface area contributed by atoms with Gasteiger partial charge in [-0.25, -0.2) is 12.8 Å². The molecule has 0 radical (unpaired) electrons. The summed E-state index contributed by atoms with van der Waals surface area (Å²) in [5.74, 6) is 0.168. The van der Waals surface area contributed by atoms with Gasteiger partial charge in [0.05, 0.1) is 12.0 Å². The summed E-state index contributed by atoms with van der Waals surface area (Å²) < 4.78 is 51.0. The average molecular weight is 438 g/mol. The molecule has 0 amide bonds. The molecule has 31 heavy (non-hydrogen) atoms. The van der Waals surface area contributed by atoms with E-state index in [1.54, 1.807) is 30.3 Å². The minimum absolute atomic E-state index is 0.0455. The largest absolute Gasteiger partial charge is 0.497 e. The topological polar surface area (TPSA) is 81.4 Å². The molecule has 3 aromatic carbocycles. The van der Waals surface area contributed by atoms with Gasteiger partial charge in [-0.05, 0) is 55.0 Å². The molecular formula is C23H19FN2O4S. The Morgan fingerprint density at radius 3 is 2.45 bits per heavy atom. The van der Waals surface area contributed by atoms with Crippen LogP contribution in [0.3, 0.4) is 0 Å². The first-order valence-corrected chi connectivity index (χ1v) is 10.9. The standard InChI is InChI=1S/C23H19FN2O4S/c1-15-6-3-4-9-20(15)21-26-23(31(27,28)19-12-10-16(24)11-13-19)22(30-21)25-17-7-5-8-18(14-17)29-2/h3-14,25H,1-2H3. The zero-order valence-electron chi connectivity index (χ0n) is 16.8. The van der Waals surface area contributed by atoms with Gasteiger partial charge in [-0.3, -0.25) is 0 Å².